The van der Waals surface area contributed by atoms with Gasteiger partial charge in [-0.1, -0.05) is 24.3 Å². The smallest absolute Gasteiger partial charge is 0.339 e. The Bertz CT molecular complexity index is 671. The van der Waals surface area contributed by atoms with Crippen LogP contribution in [-0.4, -0.2) is 19.1 Å². The van der Waals surface area contributed by atoms with E-state index in [4.69, 9.17) is 5.73 Å². The van der Waals surface area contributed by atoms with Crippen molar-refractivity contribution in [3.63, 3.8) is 0 Å². The molecule has 6 nitrogen and oxygen atoms in total. The van der Waals surface area contributed by atoms with E-state index in [1.807, 2.05) is 0 Å². The molecule has 0 heterocycles. The molecular weight excluding hydrogens is 270 g/mol. The summed E-state index contributed by atoms with van der Waals surface area (Å²) in [6, 6.07) is 13.0. The summed E-state index contributed by atoms with van der Waals surface area (Å²) in [5.74, 6) is -0.523. The number of urea groups is 1. The van der Waals surface area contributed by atoms with Gasteiger partial charge in [0.05, 0.1) is 29.7 Å². The van der Waals surface area contributed by atoms with Crippen molar-refractivity contribution in [2.45, 2.75) is 0 Å². The van der Waals surface area contributed by atoms with Crippen molar-refractivity contribution in [1.29, 1.82) is 0 Å². The lowest BCUT2D eigenvalue weighted by molar-refractivity contribution is 0.0602. The highest BCUT2D eigenvalue weighted by Gasteiger charge is 2.13. The minimum Gasteiger partial charge on any atom is -0.465 e. The Balaban J connectivity index is 2.14. The van der Waals surface area contributed by atoms with Gasteiger partial charge in [-0.05, 0) is 24.3 Å². The normalized spacial score (nSPS) is 9.76. The van der Waals surface area contributed by atoms with Gasteiger partial charge in [0.1, 0.15) is 0 Å². The van der Waals surface area contributed by atoms with Crippen LogP contribution in [0.2, 0.25) is 0 Å². The fraction of sp³-hybridized carbons (Fsp3) is 0.0667. The number of amides is 2. The summed E-state index contributed by atoms with van der Waals surface area (Å²) in [4.78, 5) is 23.6. The number of benzene rings is 2. The Morgan fingerprint density at radius 3 is 2.19 bits per heavy atom. The van der Waals surface area contributed by atoms with Crippen LogP contribution < -0.4 is 16.4 Å². The summed E-state index contributed by atoms with van der Waals surface area (Å²) in [6.45, 7) is 0. The summed E-state index contributed by atoms with van der Waals surface area (Å²) >= 11 is 0. The highest BCUT2D eigenvalue weighted by molar-refractivity contribution is 6.05. The van der Waals surface area contributed by atoms with Crippen molar-refractivity contribution in [3.8, 4) is 0 Å². The summed E-state index contributed by atoms with van der Waals surface area (Å²) in [5.41, 5.74) is 7.32. The molecule has 2 aromatic rings. The minimum atomic E-state index is -0.523. The Morgan fingerprint density at radius 2 is 1.52 bits per heavy atom. The Kier molecular flexibility index (Phi) is 4.40. The van der Waals surface area contributed by atoms with Crippen LogP contribution in [0.4, 0.5) is 21.9 Å². The van der Waals surface area contributed by atoms with Crippen molar-refractivity contribution in [2.75, 3.05) is 23.5 Å². The number of para-hydroxylation sites is 3. The number of methoxy groups -OCH3 is 1. The third kappa shape index (κ3) is 3.50. The number of carbonyl (C=O) groups is 2. The maximum Gasteiger partial charge on any atom is 0.339 e. The van der Waals surface area contributed by atoms with E-state index in [2.05, 4.69) is 15.4 Å². The number of hydrogen-bond acceptors (Lipinski definition) is 4. The number of rotatable bonds is 3. The van der Waals surface area contributed by atoms with Crippen LogP contribution in [0.15, 0.2) is 48.5 Å². The predicted molar refractivity (Wildman–Crippen MR) is 81.3 cm³/mol. The number of ether oxygens (including phenoxy) is 1. The molecule has 6 heteroatoms. The van der Waals surface area contributed by atoms with Crippen LogP contribution in [0.25, 0.3) is 0 Å². The van der Waals surface area contributed by atoms with E-state index >= 15 is 0 Å². The first-order valence-corrected chi connectivity index (χ1v) is 6.21. The first kappa shape index (κ1) is 14.4. The molecule has 108 valence electrons. The molecule has 0 saturated carbocycles. The first-order chi connectivity index (χ1) is 10.1. The van der Waals surface area contributed by atoms with Crippen LogP contribution in [0, 0.1) is 0 Å². The molecule has 2 aromatic carbocycles. The number of nitrogens with two attached hydrogens (primary N) is 1. The monoisotopic (exact) mass is 285 g/mol. The van der Waals surface area contributed by atoms with Crippen molar-refractivity contribution in [1.82, 2.24) is 0 Å². The van der Waals surface area contributed by atoms with Crippen molar-refractivity contribution >= 4 is 29.1 Å². The molecule has 0 bridgehead atoms. The van der Waals surface area contributed by atoms with E-state index < -0.39 is 12.0 Å². The van der Waals surface area contributed by atoms with Crippen LogP contribution in [-0.2, 0) is 4.74 Å². The molecule has 0 atom stereocenters. The van der Waals surface area contributed by atoms with E-state index in [0.717, 1.165) is 0 Å². The molecule has 0 aliphatic carbocycles. The number of nitrogens with one attached hydrogen (secondary N) is 2. The lowest BCUT2D eigenvalue weighted by atomic mass is 10.2. The Labute approximate surface area is 121 Å². The van der Waals surface area contributed by atoms with Crippen LogP contribution in [0.1, 0.15) is 10.4 Å². The molecule has 2 rings (SSSR count). The number of carbonyl (C=O) groups excluding carboxylic acids is 2. The Hall–Kier alpha value is -3.02. The van der Waals surface area contributed by atoms with E-state index in [1.54, 1.807) is 48.5 Å². The molecule has 0 radical (unpaired) electrons. The van der Waals surface area contributed by atoms with Gasteiger partial charge < -0.3 is 21.1 Å². The van der Waals surface area contributed by atoms with Crippen LogP contribution in [0.3, 0.4) is 0 Å². The molecule has 0 aromatic heterocycles. The largest absolute Gasteiger partial charge is 0.465 e. The van der Waals surface area contributed by atoms with Crippen LogP contribution >= 0.6 is 0 Å². The van der Waals surface area contributed by atoms with Gasteiger partial charge in [-0.2, -0.15) is 0 Å². The summed E-state index contributed by atoms with van der Waals surface area (Å²) in [7, 11) is 1.28. The van der Waals surface area contributed by atoms with E-state index in [0.29, 0.717) is 17.1 Å². The molecule has 2 amide bonds. The zero-order chi connectivity index (χ0) is 15.2. The van der Waals surface area contributed by atoms with Gasteiger partial charge in [-0.3, -0.25) is 0 Å². The third-order valence-corrected chi connectivity index (χ3v) is 2.79. The molecule has 0 saturated heterocycles. The molecule has 0 unspecified atom stereocenters. The fourth-order valence-electron chi connectivity index (χ4n) is 1.77. The highest BCUT2D eigenvalue weighted by atomic mass is 16.5. The summed E-state index contributed by atoms with van der Waals surface area (Å²) in [5, 5.41) is 5.21. The second-order valence-corrected chi connectivity index (χ2v) is 4.20. The quantitative estimate of drug-likeness (QED) is 0.597. The average molecular weight is 285 g/mol. The van der Waals surface area contributed by atoms with Gasteiger partial charge in [-0.15, -0.1) is 0 Å². The van der Waals surface area contributed by atoms with Gasteiger partial charge in [0, 0.05) is 0 Å². The molecule has 0 spiro atoms. The van der Waals surface area contributed by atoms with E-state index in [9.17, 15) is 9.59 Å². The van der Waals surface area contributed by atoms with Crippen molar-refractivity contribution < 1.29 is 14.3 Å². The lowest BCUT2D eigenvalue weighted by Gasteiger charge is -2.11. The predicted octanol–water partition coefficient (Wildman–Crippen LogP) is 2.70. The summed E-state index contributed by atoms with van der Waals surface area (Å²) < 4.78 is 4.67. The molecular formula is C15H15N3O3. The third-order valence-electron chi connectivity index (χ3n) is 2.79. The zero-order valence-electron chi connectivity index (χ0n) is 11.4. The molecule has 4 N–H and O–H groups in total. The van der Waals surface area contributed by atoms with Crippen molar-refractivity contribution in [3.05, 3.63) is 54.1 Å². The molecule has 0 fully saturated rings. The van der Waals surface area contributed by atoms with Gasteiger partial charge in [-0.25, -0.2) is 9.59 Å². The van der Waals surface area contributed by atoms with Gasteiger partial charge in [0.25, 0.3) is 0 Å². The highest BCUT2D eigenvalue weighted by Crippen LogP contribution is 2.19. The molecule has 0 aliphatic rings. The molecule has 21 heavy (non-hydrogen) atoms. The number of hydrogen-bond donors (Lipinski definition) is 3. The minimum absolute atomic E-state index is 0.274. The average Bonchev–Trinajstić information content (AvgIpc) is 2.49. The fourth-order valence-corrected chi connectivity index (χ4v) is 1.77. The van der Waals surface area contributed by atoms with E-state index in [1.165, 1.54) is 7.11 Å². The van der Waals surface area contributed by atoms with Crippen LogP contribution in [0.5, 0.6) is 0 Å². The SMILES string of the molecule is COC(=O)c1ccccc1NC(=O)Nc1ccccc1N. The Morgan fingerprint density at radius 1 is 0.952 bits per heavy atom. The second kappa shape index (κ2) is 6.42. The number of nitrogen functional groups attached to an aromatic ring is 1. The lowest BCUT2D eigenvalue weighted by Crippen LogP contribution is -2.21. The van der Waals surface area contributed by atoms with Crippen molar-refractivity contribution in [2.24, 2.45) is 0 Å². The zero-order valence-corrected chi connectivity index (χ0v) is 11.4. The standard InChI is InChI=1S/C15H15N3O3/c1-21-14(19)10-6-2-4-8-12(10)17-15(20)18-13-9-5-3-7-11(13)16/h2-9H,16H2,1H3,(H2,17,18,20). The van der Waals surface area contributed by atoms with E-state index in [-0.39, 0.29) is 5.56 Å². The second-order valence-electron chi connectivity index (χ2n) is 4.20. The molecule has 0 aliphatic heterocycles. The number of anilines is 3. The van der Waals surface area contributed by atoms with Gasteiger partial charge in [0.15, 0.2) is 0 Å². The maximum atomic E-state index is 12.0. The maximum absolute atomic E-state index is 12.0. The van der Waals surface area contributed by atoms with Gasteiger partial charge in [0.2, 0.25) is 0 Å². The first-order valence-electron chi connectivity index (χ1n) is 6.21. The van der Waals surface area contributed by atoms with Gasteiger partial charge >= 0.3 is 12.0 Å². The number of esters is 1. The summed E-state index contributed by atoms with van der Waals surface area (Å²) in [6.07, 6.45) is 0. The topological polar surface area (TPSA) is 93.4 Å².